The van der Waals surface area contributed by atoms with Crippen molar-refractivity contribution in [2.45, 2.75) is 94.4 Å². The first-order chi connectivity index (χ1) is 17.4. The monoisotopic (exact) mass is 512 g/mol. The molecule has 8 rings (SSSR count). The fourth-order valence-corrected chi connectivity index (χ4v) is 10.4. The van der Waals surface area contributed by atoms with Gasteiger partial charge in [-0.3, -0.25) is 14.4 Å². The van der Waals surface area contributed by atoms with Gasteiger partial charge in [-0.1, -0.05) is 18.6 Å². The van der Waals surface area contributed by atoms with E-state index >= 15 is 0 Å². The summed E-state index contributed by atoms with van der Waals surface area (Å²) >= 11 is 0. The molecule has 0 amide bonds. The first-order valence-corrected chi connectivity index (χ1v) is 13.7. The molecule has 2 spiro atoms. The Morgan fingerprint density at radius 2 is 1.84 bits per heavy atom. The van der Waals surface area contributed by atoms with Crippen LogP contribution in [0.4, 0.5) is 0 Å². The number of hydrogen-bond acceptors (Lipinski definition) is 9. The Hall–Kier alpha value is -2.10. The van der Waals surface area contributed by atoms with E-state index in [2.05, 4.69) is 6.08 Å². The van der Waals surface area contributed by atoms with Crippen molar-refractivity contribution >= 4 is 23.5 Å². The molecule has 37 heavy (non-hydrogen) atoms. The van der Waals surface area contributed by atoms with Gasteiger partial charge in [0, 0.05) is 12.3 Å². The number of carbonyl (C=O) groups excluding carboxylic acids is 4. The molecule has 0 aromatic carbocycles. The summed E-state index contributed by atoms with van der Waals surface area (Å²) in [6.07, 6.45) is 4.38. The molecule has 0 aromatic rings. The summed E-state index contributed by atoms with van der Waals surface area (Å²) in [6.45, 7) is 5.38. The van der Waals surface area contributed by atoms with E-state index in [0.717, 1.165) is 18.4 Å². The fourth-order valence-electron chi connectivity index (χ4n) is 10.4. The molecule has 11 unspecified atom stereocenters. The van der Waals surface area contributed by atoms with Gasteiger partial charge in [0.15, 0.2) is 22.6 Å². The van der Waals surface area contributed by atoms with Gasteiger partial charge in [0.05, 0.1) is 23.9 Å². The molecule has 5 aliphatic heterocycles. The van der Waals surface area contributed by atoms with Gasteiger partial charge in [0.2, 0.25) is 5.79 Å². The highest BCUT2D eigenvalue weighted by Crippen LogP contribution is 2.75. The Bertz CT molecular complexity index is 1260. The zero-order valence-electron chi connectivity index (χ0n) is 21.3. The van der Waals surface area contributed by atoms with Crippen LogP contribution in [0.2, 0.25) is 0 Å². The first-order valence-electron chi connectivity index (χ1n) is 13.7. The fraction of sp³-hybridized carbons (Fsp3) is 0.786. The summed E-state index contributed by atoms with van der Waals surface area (Å²) in [5.41, 5.74) is -6.20. The van der Waals surface area contributed by atoms with E-state index in [-0.39, 0.29) is 30.5 Å². The molecule has 5 heterocycles. The van der Waals surface area contributed by atoms with Crippen LogP contribution in [0.15, 0.2) is 11.6 Å². The van der Waals surface area contributed by atoms with Crippen LogP contribution in [-0.2, 0) is 38.1 Å². The smallest absolute Gasteiger partial charge is 0.342 e. The maximum Gasteiger partial charge on any atom is 0.342 e. The van der Waals surface area contributed by atoms with Crippen molar-refractivity contribution < 1.29 is 43.2 Å². The molecule has 5 saturated heterocycles. The number of aliphatic hydroxyl groups is 1. The molecule has 11 atom stereocenters. The van der Waals surface area contributed by atoms with Crippen molar-refractivity contribution in [1.29, 1.82) is 0 Å². The van der Waals surface area contributed by atoms with Crippen molar-refractivity contribution in [3.05, 3.63) is 11.6 Å². The number of rotatable bonds is 0. The molecule has 7 fully saturated rings. The lowest BCUT2D eigenvalue weighted by molar-refractivity contribution is -0.374. The van der Waals surface area contributed by atoms with E-state index in [4.69, 9.17) is 18.9 Å². The Balaban J connectivity index is 1.43. The molecular formula is C28H32O9. The van der Waals surface area contributed by atoms with Gasteiger partial charge in [-0.05, 0) is 63.7 Å². The average molecular weight is 513 g/mol. The van der Waals surface area contributed by atoms with Crippen LogP contribution in [0.3, 0.4) is 0 Å². The molecule has 9 heteroatoms. The van der Waals surface area contributed by atoms with Crippen molar-refractivity contribution in [3.8, 4) is 0 Å². The van der Waals surface area contributed by atoms with Crippen molar-refractivity contribution in [3.63, 3.8) is 0 Å². The van der Waals surface area contributed by atoms with Crippen molar-refractivity contribution in [1.82, 2.24) is 0 Å². The SMILES string of the molecule is CC12C(=O)CCCC1=CCC1C2CCC2(O)C(=O)OC3(C)C4CC5(C)C(COC16OC23C5C6=O)C(=O)O4. The van der Waals surface area contributed by atoms with Gasteiger partial charge in [-0.2, -0.15) is 0 Å². The molecule has 3 aliphatic carbocycles. The largest absolute Gasteiger partial charge is 0.458 e. The average Bonchev–Trinajstić information content (AvgIpc) is 3.16. The Morgan fingerprint density at radius 1 is 1.05 bits per heavy atom. The zero-order chi connectivity index (χ0) is 26.0. The van der Waals surface area contributed by atoms with Gasteiger partial charge < -0.3 is 24.1 Å². The topological polar surface area (TPSA) is 125 Å². The second-order valence-electron chi connectivity index (χ2n) is 13.4. The zero-order valence-corrected chi connectivity index (χ0v) is 21.3. The number of ketones is 2. The number of esters is 2. The quantitative estimate of drug-likeness (QED) is 0.382. The van der Waals surface area contributed by atoms with E-state index in [1.807, 2.05) is 13.8 Å². The van der Waals surface area contributed by atoms with Crippen LogP contribution in [-0.4, -0.2) is 63.9 Å². The highest BCUT2D eigenvalue weighted by Gasteiger charge is 2.93. The minimum absolute atomic E-state index is 0.0139. The maximum absolute atomic E-state index is 14.8. The molecule has 0 radical (unpaired) electrons. The molecule has 198 valence electrons. The second-order valence-corrected chi connectivity index (χ2v) is 13.4. The van der Waals surface area contributed by atoms with E-state index < -0.39 is 69.2 Å². The lowest BCUT2D eigenvalue weighted by atomic mass is 9.46. The molecule has 2 saturated carbocycles. The summed E-state index contributed by atoms with van der Waals surface area (Å²) in [5.74, 6) is -6.00. The molecule has 0 aromatic heterocycles. The molecule has 1 N–H and O–H groups in total. The molecule has 9 nitrogen and oxygen atoms in total. The second kappa shape index (κ2) is 6.20. The Kier molecular flexibility index (Phi) is 3.83. The van der Waals surface area contributed by atoms with Gasteiger partial charge in [-0.15, -0.1) is 0 Å². The van der Waals surface area contributed by atoms with Crippen LogP contribution in [0.1, 0.15) is 65.7 Å². The minimum Gasteiger partial charge on any atom is -0.458 e. The molecule has 8 aliphatic rings. The highest BCUT2D eigenvalue weighted by atomic mass is 16.8. The van der Waals surface area contributed by atoms with Gasteiger partial charge in [0.25, 0.3) is 0 Å². The Labute approximate surface area is 214 Å². The summed E-state index contributed by atoms with van der Waals surface area (Å²) in [6, 6.07) is 0. The standard InChI is InChI=1S/C28H32O9/c1-23-11-18-25(3)28-19(23)20(30)27(37-28,34-12-16(23)21(31)35-18)15-8-7-13-5-4-6-17(29)24(13,2)14(15)9-10-26(28,33)22(32)36-25/h7,14-16,18-19,33H,4-6,8-12H2,1-3H3. The lowest BCUT2D eigenvalue weighted by Crippen LogP contribution is -2.79. The number of ether oxygens (including phenoxy) is 4. The predicted octanol–water partition coefficient (Wildman–Crippen LogP) is 1.78. The predicted molar refractivity (Wildman–Crippen MR) is 122 cm³/mol. The van der Waals surface area contributed by atoms with Crippen LogP contribution in [0.5, 0.6) is 0 Å². The summed E-state index contributed by atoms with van der Waals surface area (Å²) in [4.78, 5) is 55.4. The van der Waals surface area contributed by atoms with E-state index in [1.165, 1.54) is 0 Å². The van der Waals surface area contributed by atoms with E-state index in [0.29, 0.717) is 25.7 Å². The normalized spacial score (nSPS) is 58.9. The van der Waals surface area contributed by atoms with Gasteiger partial charge in [0.1, 0.15) is 11.9 Å². The highest BCUT2D eigenvalue weighted by molar-refractivity contribution is 5.99. The Morgan fingerprint density at radius 3 is 2.62 bits per heavy atom. The van der Waals surface area contributed by atoms with Gasteiger partial charge in [-0.25, -0.2) is 4.79 Å². The molecule has 5 bridgehead atoms. The third-order valence-corrected chi connectivity index (χ3v) is 12.3. The van der Waals surface area contributed by atoms with E-state index in [9.17, 15) is 24.3 Å². The summed E-state index contributed by atoms with van der Waals surface area (Å²) in [7, 11) is 0. The minimum atomic E-state index is -2.15. The first kappa shape index (κ1) is 22.8. The third-order valence-electron chi connectivity index (χ3n) is 12.3. The number of hydrogen-bond donors (Lipinski definition) is 1. The van der Waals surface area contributed by atoms with Crippen LogP contribution in [0, 0.1) is 34.5 Å². The lowest BCUT2D eigenvalue weighted by Gasteiger charge is -2.63. The van der Waals surface area contributed by atoms with Gasteiger partial charge >= 0.3 is 11.9 Å². The number of fused-ring (bicyclic) bond motifs is 5. The molecular weight excluding hydrogens is 480 g/mol. The number of allylic oxidation sites excluding steroid dienone is 2. The van der Waals surface area contributed by atoms with Crippen LogP contribution >= 0.6 is 0 Å². The number of carbonyl (C=O) groups is 4. The van der Waals surface area contributed by atoms with Crippen molar-refractivity contribution in [2.75, 3.05) is 6.61 Å². The summed E-state index contributed by atoms with van der Waals surface area (Å²) in [5, 5.41) is 12.4. The van der Waals surface area contributed by atoms with Crippen molar-refractivity contribution in [2.24, 2.45) is 34.5 Å². The summed E-state index contributed by atoms with van der Waals surface area (Å²) < 4.78 is 25.2. The van der Waals surface area contributed by atoms with Crippen LogP contribution < -0.4 is 0 Å². The number of Topliss-reactive ketones (excluding diaryl/α,β-unsaturated/α-hetero) is 2. The maximum atomic E-state index is 14.8. The third kappa shape index (κ3) is 2.01. The van der Waals surface area contributed by atoms with Crippen LogP contribution in [0.25, 0.3) is 0 Å². The van der Waals surface area contributed by atoms with E-state index in [1.54, 1.807) is 6.92 Å².